The SMILES string of the molecule is CCCCc1ncc(CCNC(CCC)(Cc2ccccc2)C(=O)O)n1Cc1ccccc1Cl. The van der Waals surface area contributed by atoms with Crippen molar-refractivity contribution in [2.75, 3.05) is 6.54 Å². The van der Waals surface area contributed by atoms with Gasteiger partial charge >= 0.3 is 5.97 Å². The van der Waals surface area contributed by atoms with Gasteiger partial charge in [-0.1, -0.05) is 86.8 Å². The average molecular weight is 482 g/mol. The molecule has 0 aliphatic carbocycles. The number of halogens is 1. The Balaban J connectivity index is 1.79. The number of benzene rings is 2. The second-order valence-electron chi connectivity index (χ2n) is 8.92. The molecule has 0 saturated carbocycles. The zero-order chi connectivity index (χ0) is 24.4. The van der Waals surface area contributed by atoms with Crippen LogP contribution in [-0.4, -0.2) is 32.7 Å². The summed E-state index contributed by atoms with van der Waals surface area (Å²) in [6.45, 7) is 5.43. The Morgan fingerprint density at radius 1 is 1.06 bits per heavy atom. The lowest BCUT2D eigenvalue weighted by Crippen LogP contribution is -2.54. The summed E-state index contributed by atoms with van der Waals surface area (Å²) in [6, 6.07) is 17.8. The van der Waals surface area contributed by atoms with Crippen LogP contribution in [0.5, 0.6) is 0 Å². The van der Waals surface area contributed by atoms with Crippen LogP contribution in [0.25, 0.3) is 0 Å². The normalized spacial score (nSPS) is 13.0. The van der Waals surface area contributed by atoms with Crippen molar-refractivity contribution in [3.63, 3.8) is 0 Å². The third-order valence-electron chi connectivity index (χ3n) is 6.34. The van der Waals surface area contributed by atoms with E-state index in [0.717, 1.165) is 53.4 Å². The number of carboxylic acids is 1. The monoisotopic (exact) mass is 481 g/mol. The number of imidazole rings is 1. The van der Waals surface area contributed by atoms with Crippen LogP contribution in [0.15, 0.2) is 60.8 Å². The van der Waals surface area contributed by atoms with Gasteiger partial charge in [-0.05, 0) is 30.0 Å². The van der Waals surface area contributed by atoms with Crippen molar-refractivity contribution in [3.8, 4) is 0 Å². The predicted molar refractivity (Wildman–Crippen MR) is 139 cm³/mol. The number of aromatic nitrogens is 2. The first kappa shape index (κ1) is 26.0. The maximum absolute atomic E-state index is 12.4. The van der Waals surface area contributed by atoms with Crippen LogP contribution in [0.4, 0.5) is 0 Å². The van der Waals surface area contributed by atoms with E-state index < -0.39 is 11.5 Å². The summed E-state index contributed by atoms with van der Waals surface area (Å²) in [7, 11) is 0. The molecule has 0 saturated heterocycles. The van der Waals surface area contributed by atoms with Gasteiger partial charge in [-0.15, -0.1) is 0 Å². The minimum atomic E-state index is -0.991. The molecule has 2 aromatic carbocycles. The number of carbonyl (C=O) groups is 1. The Labute approximate surface area is 208 Å². The first-order chi connectivity index (χ1) is 16.5. The molecule has 0 fully saturated rings. The Hall–Kier alpha value is -2.63. The van der Waals surface area contributed by atoms with Crippen molar-refractivity contribution in [2.45, 2.75) is 70.9 Å². The Kier molecular flexibility index (Phi) is 9.73. The van der Waals surface area contributed by atoms with Gasteiger partial charge in [0.15, 0.2) is 0 Å². The molecule has 1 unspecified atom stereocenters. The summed E-state index contributed by atoms with van der Waals surface area (Å²) in [4.78, 5) is 17.1. The van der Waals surface area contributed by atoms with Crippen LogP contribution in [0.3, 0.4) is 0 Å². The number of rotatable bonds is 14. The molecule has 1 aromatic heterocycles. The van der Waals surface area contributed by atoms with E-state index in [-0.39, 0.29) is 0 Å². The standard InChI is InChI=1S/C28H36ClN3O2/c1-3-5-15-26-30-20-24(32(26)21-23-13-9-10-14-25(23)29)16-18-31-28(17-4-2,27(33)34)19-22-11-7-6-8-12-22/h6-14,20,31H,3-5,15-19,21H2,1-2H3,(H,33,34). The zero-order valence-electron chi connectivity index (χ0n) is 20.3. The number of hydrogen-bond donors (Lipinski definition) is 2. The van der Waals surface area contributed by atoms with Gasteiger partial charge in [-0.25, -0.2) is 4.98 Å². The second-order valence-corrected chi connectivity index (χ2v) is 9.33. The van der Waals surface area contributed by atoms with E-state index in [2.05, 4.69) is 16.8 Å². The van der Waals surface area contributed by atoms with Crippen LogP contribution >= 0.6 is 11.6 Å². The van der Waals surface area contributed by atoms with E-state index in [1.165, 1.54) is 0 Å². The molecule has 0 aliphatic rings. The van der Waals surface area contributed by atoms with Crippen molar-refractivity contribution < 1.29 is 9.90 Å². The molecule has 3 rings (SSSR count). The van der Waals surface area contributed by atoms with Crippen molar-refractivity contribution in [3.05, 3.63) is 88.5 Å². The third-order valence-corrected chi connectivity index (χ3v) is 6.71. The van der Waals surface area contributed by atoms with E-state index in [1.807, 2.05) is 67.7 Å². The maximum Gasteiger partial charge on any atom is 0.324 e. The molecule has 34 heavy (non-hydrogen) atoms. The molecule has 0 spiro atoms. The highest BCUT2D eigenvalue weighted by molar-refractivity contribution is 6.31. The van der Waals surface area contributed by atoms with Crippen LogP contribution in [0.1, 0.15) is 62.2 Å². The van der Waals surface area contributed by atoms with Crippen LogP contribution < -0.4 is 5.32 Å². The first-order valence-corrected chi connectivity index (χ1v) is 12.7. The summed E-state index contributed by atoms with van der Waals surface area (Å²) < 4.78 is 2.25. The molecule has 0 bridgehead atoms. The molecule has 2 N–H and O–H groups in total. The van der Waals surface area contributed by atoms with E-state index in [1.54, 1.807) is 0 Å². The molecular formula is C28H36ClN3O2. The van der Waals surface area contributed by atoms with Crippen LogP contribution in [0.2, 0.25) is 5.02 Å². The van der Waals surface area contributed by atoms with Gasteiger partial charge in [-0.3, -0.25) is 4.79 Å². The lowest BCUT2D eigenvalue weighted by atomic mass is 9.86. The van der Waals surface area contributed by atoms with Gasteiger partial charge in [0, 0.05) is 42.7 Å². The molecule has 0 aliphatic heterocycles. The zero-order valence-corrected chi connectivity index (χ0v) is 21.0. The highest BCUT2D eigenvalue weighted by atomic mass is 35.5. The van der Waals surface area contributed by atoms with E-state index >= 15 is 0 Å². The largest absolute Gasteiger partial charge is 0.480 e. The topological polar surface area (TPSA) is 67.2 Å². The van der Waals surface area contributed by atoms with Crippen LogP contribution in [0, 0.1) is 0 Å². The number of nitrogens with zero attached hydrogens (tertiary/aromatic N) is 2. The summed E-state index contributed by atoms with van der Waals surface area (Å²) in [5, 5.41) is 14.4. The van der Waals surface area contributed by atoms with E-state index in [9.17, 15) is 9.90 Å². The molecule has 0 amide bonds. The number of unbranched alkanes of at least 4 members (excludes halogenated alkanes) is 1. The number of carboxylic acid groups (broad SMARTS) is 1. The van der Waals surface area contributed by atoms with E-state index in [4.69, 9.17) is 16.6 Å². The predicted octanol–water partition coefficient (Wildman–Crippen LogP) is 5.93. The van der Waals surface area contributed by atoms with Crippen molar-refractivity contribution in [2.24, 2.45) is 0 Å². The van der Waals surface area contributed by atoms with Gasteiger partial charge in [-0.2, -0.15) is 0 Å². The summed E-state index contributed by atoms with van der Waals surface area (Å²) in [5.74, 6) is 0.255. The fourth-order valence-corrected chi connectivity index (χ4v) is 4.67. The molecular weight excluding hydrogens is 446 g/mol. The highest BCUT2D eigenvalue weighted by Gasteiger charge is 2.37. The number of nitrogens with one attached hydrogen (secondary N) is 1. The third kappa shape index (κ3) is 6.71. The van der Waals surface area contributed by atoms with Gasteiger partial charge in [0.25, 0.3) is 0 Å². The molecule has 0 radical (unpaired) electrons. The summed E-state index contributed by atoms with van der Waals surface area (Å²) in [5.41, 5.74) is 2.18. The van der Waals surface area contributed by atoms with Crippen molar-refractivity contribution >= 4 is 17.6 Å². The molecule has 1 atom stereocenters. The lowest BCUT2D eigenvalue weighted by Gasteiger charge is -2.31. The second kappa shape index (κ2) is 12.7. The highest BCUT2D eigenvalue weighted by Crippen LogP contribution is 2.22. The molecule has 182 valence electrons. The Bertz CT molecular complexity index is 1050. The number of hydrogen-bond acceptors (Lipinski definition) is 3. The number of aryl methyl sites for hydroxylation is 1. The number of aliphatic carboxylic acids is 1. The Morgan fingerprint density at radius 2 is 1.79 bits per heavy atom. The average Bonchev–Trinajstić information content (AvgIpc) is 3.21. The summed E-state index contributed by atoms with van der Waals surface area (Å²) in [6.07, 6.45) is 7.53. The van der Waals surface area contributed by atoms with Gasteiger partial charge < -0.3 is 15.0 Å². The van der Waals surface area contributed by atoms with E-state index in [0.29, 0.717) is 32.4 Å². The fourth-order valence-electron chi connectivity index (χ4n) is 4.48. The minimum absolute atomic E-state index is 0.456. The van der Waals surface area contributed by atoms with Crippen molar-refractivity contribution in [1.82, 2.24) is 14.9 Å². The van der Waals surface area contributed by atoms with Crippen LogP contribution in [-0.2, 0) is 30.6 Å². The first-order valence-electron chi connectivity index (χ1n) is 12.3. The van der Waals surface area contributed by atoms with Gasteiger partial charge in [0.1, 0.15) is 11.4 Å². The minimum Gasteiger partial charge on any atom is -0.480 e. The molecule has 3 aromatic rings. The van der Waals surface area contributed by atoms with Crippen molar-refractivity contribution in [1.29, 1.82) is 0 Å². The quantitative estimate of drug-likeness (QED) is 0.299. The summed E-state index contributed by atoms with van der Waals surface area (Å²) >= 11 is 6.45. The maximum atomic E-state index is 12.4. The lowest BCUT2D eigenvalue weighted by molar-refractivity contribution is -0.145. The fraction of sp³-hybridized carbons (Fsp3) is 0.429. The Morgan fingerprint density at radius 3 is 2.47 bits per heavy atom. The van der Waals surface area contributed by atoms with Gasteiger partial charge in [0.05, 0.1) is 6.54 Å². The molecule has 6 heteroatoms. The molecule has 1 heterocycles. The molecule has 5 nitrogen and oxygen atoms in total. The smallest absolute Gasteiger partial charge is 0.324 e. The van der Waals surface area contributed by atoms with Gasteiger partial charge in [0.2, 0.25) is 0 Å².